The van der Waals surface area contributed by atoms with Crippen LogP contribution in [-0.4, -0.2) is 26.9 Å². The van der Waals surface area contributed by atoms with Gasteiger partial charge in [0.2, 0.25) is 0 Å². The molecule has 0 aliphatic carbocycles. The lowest BCUT2D eigenvalue weighted by Crippen LogP contribution is -2.30. The molecule has 22 heavy (non-hydrogen) atoms. The molecule has 1 aliphatic rings. The molecule has 1 aliphatic heterocycles. The number of nitrogens with zero attached hydrogens (tertiary/aromatic N) is 3. The molecule has 0 unspecified atom stereocenters. The van der Waals surface area contributed by atoms with Gasteiger partial charge in [0.1, 0.15) is 11.6 Å². The summed E-state index contributed by atoms with van der Waals surface area (Å²) in [6.07, 6.45) is 1.31. The minimum atomic E-state index is -0.402. The van der Waals surface area contributed by atoms with Crippen molar-refractivity contribution in [3.8, 4) is 5.75 Å². The Morgan fingerprint density at radius 3 is 2.27 bits per heavy atom. The fraction of sp³-hybridized carbons (Fsp3) is 0. The Hall–Kier alpha value is -3.28. The molecule has 1 N–H and O–H groups in total. The van der Waals surface area contributed by atoms with Gasteiger partial charge in [-0.3, -0.25) is 14.6 Å². The lowest BCUT2D eigenvalue weighted by atomic mass is 10.1. The van der Waals surface area contributed by atoms with Crippen LogP contribution >= 0.6 is 0 Å². The molecule has 2 amide bonds. The average Bonchev–Trinajstić information content (AvgIpc) is 2.79. The van der Waals surface area contributed by atoms with E-state index >= 15 is 0 Å². The minimum Gasteiger partial charge on any atom is -0.506 e. The van der Waals surface area contributed by atoms with Crippen LogP contribution < -0.4 is 4.90 Å². The van der Waals surface area contributed by atoms with Gasteiger partial charge >= 0.3 is 0 Å². The van der Waals surface area contributed by atoms with E-state index in [0.717, 1.165) is 4.90 Å². The smallest absolute Gasteiger partial charge is 0.267 e. The van der Waals surface area contributed by atoms with Gasteiger partial charge in [-0.2, -0.15) is 0 Å². The maximum Gasteiger partial charge on any atom is 0.267 e. The second-order valence-electron chi connectivity index (χ2n) is 4.89. The monoisotopic (exact) mass is 291 g/mol. The number of aromatic nitrogens is 2. The summed E-state index contributed by atoms with van der Waals surface area (Å²) in [7, 11) is 0. The second-order valence-corrected chi connectivity index (χ2v) is 4.89. The Balaban J connectivity index is 1.86. The predicted molar refractivity (Wildman–Crippen MR) is 78.8 cm³/mol. The molecule has 6 heteroatoms. The Kier molecular flexibility index (Phi) is 2.47. The van der Waals surface area contributed by atoms with E-state index in [-0.39, 0.29) is 11.6 Å². The first kappa shape index (κ1) is 12.5. The Morgan fingerprint density at radius 2 is 1.59 bits per heavy atom. The van der Waals surface area contributed by atoms with Crippen LogP contribution in [0.2, 0.25) is 0 Å². The van der Waals surface area contributed by atoms with Gasteiger partial charge in [-0.25, -0.2) is 9.88 Å². The molecule has 3 heterocycles. The van der Waals surface area contributed by atoms with E-state index in [1.807, 2.05) is 0 Å². The van der Waals surface area contributed by atoms with E-state index in [1.165, 1.54) is 12.3 Å². The van der Waals surface area contributed by atoms with Crippen molar-refractivity contribution in [3.63, 3.8) is 0 Å². The van der Waals surface area contributed by atoms with Crippen LogP contribution in [0.3, 0.4) is 0 Å². The molecule has 1 aromatic carbocycles. The molecule has 2 aromatic heterocycles. The highest BCUT2D eigenvalue weighted by Crippen LogP contribution is 2.28. The van der Waals surface area contributed by atoms with Crippen LogP contribution in [0.15, 0.2) is 48.7 Å². The highest BCUT2D eigenvalue weighted by Gasteiger charge is 2.37. The first-order valence-corrected chi connectivity index (χ1v) is 6.59. The number of hydrogen-bond donors (Lipinski definition) is 1. The van der Waals surface area contributed by atoms with E-state index in [0.29, 0.717) is 22.2 Å². The summed E-state index contributed by atoms with van der Waals surface area (Å²) >= 11 is 0. The third kappa shape index (κ3) is 1.67. The summed E-state index contributed by atoms with van der Waals surface area (Å²) in [5.74, 6) is -0.619. The van der Waals surface area contributed by atoms with Crippen molar-refractivity contribution in [1.82, 2.24) is 9.97 Å². The lowest BCUT2D eigenvalue weighted by molar-refractivity contribution is 0.0925. The summed E-state index contributed by atoms with van der Waals surface area (Å²) in [6, 6.07) is 11.3. The Morgan fingerprint density at radius 1 is 0.909 bits per heavy atom. The number of hydrogen-bond acceptors (Lipinski definition) is 5. The van der Waals surface area contributed by atoms with E-state index in [1.54, 1.807) is 36.4 Å². The Bertz CT molecular complexity index is 917. The summed E-state index contributed by atoms with van der Waals surface area (Å²) in [6.45, 7) is 0. The molecule has 0 atom stereocenters. The third-order valence-corrected chi connectivity index (χ3v) is 3.53. The maximum absolute atomic E-state index is 12.4. The number of carbonyl (C=O) groups excluding carboxylic acids is 2. The SMILES string of the molecule is O=C1c2ccccc2C(=O)N1c1ccc2ncc(O)cc2n1. The van der Waals surface area contributed by atoms with E-state index in [4.69, 9.17) is 0 Å². The topological polar surface area (TPSA) is 83.4 Å². The van der Waals surface area contributed by atoms with Gasteiger partial charge < -0.3 is 5.11 Å². The summed E-state index contributed by atoms with van der Waals surface area (Å²) in [5.41, 5.74) is 1.71. The van der Waals surface area contributed by atoms with Crippen molar-refractivity contribution < 1.29 is 14.7 Å². The van der Waals surface area contributed by atoms with Crippen LogP contribution in [0, 0.1) is 0 Å². The number of anilines is 1. The van der Waals surface area contributed by atoms with Gasteiger partial charge in [-0.15, -0.1) is 0 Å². The normalized spacial score (nSPS) is 13.7. The number of carbonyl (C=O) groups is 2. The standard InChI is InChI=1S/C16H9N3O3/c20-9-7-13-12(17-8-9)5-6-14(18-13)19-15(21)10-3-1-2-4-11(10)16(19)22/h1-8,20H. The molecule has 0 radical (unpaired) electrons. The van der Waals surface area contributed by atoms with Crippen LogP contribution in [-0.2, 0) is 0 Å². The number of fused-ring (bicyclic) bond motifs is 2. The molecular weight excluding hydrogens is 282 g/mol. The van der Waals surface area contributed by atoms with Crippen LogP contribution in [0.4, 0.5) is 5.82 Å². The van der Waals surface area contributed by atoms with Crippen LogP contribution in [0.1, 0.15) is 20.7 Å². The van der Waals surface area contributed by atoms with Crippen LogP contribution in [0.5, 0.6) is 5.75 Å². The maximum atomic E-state index is 12.4. The highest BCUT2D eigenvalue weighted by atomic mass is 16.3. The molecule has 4 rings (SSSR count). The van der Waals surface area contributed by atoms with Crippen molar-refractivity contribution in [3.05, 3.63) is 59.8 Å². The van der Waals surface area contributed by atoms with Crippen molar-refractivity contribution in [2.75, 3.05) is 4.90 Å². The quantitative estimate of drug-likeness (QED) is 0.694. The van der Waals surface area contributed by atoms with Crippen LogP contribution in [0.25, 0.3) is 11.0 Å². The largest absolute Gasteiger partial charge is 0.506 e. The third-order valence-electron chi connectivity index (χ3n) is 3.53. The zero-order valence-electron chi connectivity index (χ0n) is 11.2. The summed E-state index contributed by atoms with van der Waals surface area (Å²) in [5, 5.41) is 9.48. The van der Waals surface area contributed by atoms with Gasteiger partial charge in [0.05, 0.1) is 28.4 Å². The molecule has 0 saturated heterocycles. The summed E-state index contributed by atoms with van der Waals surface area (Å²) in [4.78, 5) is 34.1. The van der Waals surface area contributed by atoms with E-state index < -0.39 is 11.8 Å². The zero-order valence-corrected chi connectivity index (χ0v) is 11.2. The zero-order chi connectivity index (χ0) is 15.3. The number of aromatic hydroxyl groups is 1. The molecule has 0 saturated carbocycles. The van der Waals surface area contributed by atoms with Crippen molar-refractivity contribution in [2.45, 2.75) is 0 Å². The van der Waals surface area contributed by atoms with E-state index in [2.05, 4.69) is 9.97 Å². The van der Waals surface area contributed by atoms with Gasteiger partial charge in [0.25, 0.3) is 11.8 Å². The second kappa shape index (κ2) is 4.36. The van der Waals surface area contributed by atoms with Gasteiger partial charge in [-0.1, -0.05) is 12.1 Å². The fourth-order valence-electron chi connectivity index (χ4n) is 2.51. The number of pyridine rings is 2. The number of benzene rings is 1. The predicted octanol–water partition coefficient (Wildman–Crippen LogP) is 2.14. The molecular formula is C16H9N3O3. The van der Waals surface area contributed by atoms with Crippen molar-refractivity contribution in [1.29, 1.82) is 0 Å². The van der Waals surface area contributed by atoms with E-state index in [9.17, 15) is 14.7 Å². The van der Waals surface area contributed by atoms with Crippen molar-refractivity contribution >= 4 is 28.7 Å². The van der Waals surface area contributed by atoms with Crippen molar-refractivity contribution in [2.24, 2.45) is 0 Å². The highest BCUT2D eigenvalue weighted by molar-refractivity contribution is 6.34. The number of rotatable bonds is 1. The first-order chi connectivity index (χ1) is 10.6. The molecule has 6 nitrogen and oxygen atoms in total. The molecule has 106 valence electrons. The number of amides is 2. The molecule has 3 aromatic rings. The number of imide groups is 1. The summed E-state index contributed by atoms with van der Waals surface area (Å²) < 4.78 is 0. The average molecular weight is 291 g/mol. The lowest BCUT2D eigenvalue weighted by Gasteiger charge is -2.13. The first-order valence-electron chi connectivity index (χ1n) is 6.59. The Labute approximate surface area is 124 Å². The van der Waals surface area contributed by atoms with Gasteiger partial charge in [0.15, 0.2) is 0 Å². The molecule has 0 spiro atoms. The molecule has 0 fully saturated rings. The molecule has 0 bridgehead atoms. The minimum absolute atomic E-state index is 0.0282. The van der Waals surface area contributed by atoms with Gasteiger partial charge in [0, 0.05) is 6.07 Å². The fourth-order valence-corrected chi connectivity index (χ4v) is 2.51. The van der Waals surface area contributed by atoms with Gasteiger partial charge in [-0.05, 0) is 24.3 Å².